The summed E-state index contributed by atoms with van der Waals surface area (Å²) >= 11 is 0. The number of para-hydroxylation sites is 1. The van der Waals surface area contributed by atoms with Crippen LogP contribution in [0.4, 0.5) is 5.69 Å². The van der Waals surface area contributed by atoms with Gasteiger partial charge in [-0.05, 0) is 30.2 Å². The summed E-state index contributed by atoms with van der Waals surface area (Å²) in [5, 5.41) is 6.99. The minimum Gasteiger partial charge on any atom is -0.338 e. The molecule has 0 radical (unpaired) electrons. The SMILES string of the molecule is CC(C)c1noc(-c2ccccc2C(=O)Nc2ccccc2CN2CCCC2=O)n1. The summed E-state index contributed by atoms with van der Waals surface area (Å²) in [5.41, 5.74) is 2.62. The van der Waals surface area contributed by atoms with Crippen LogP contribution in [0.3, 0.4) is 0 Å². The van der Waals surface area contributed by atoms with Gasteiger partial charge in [-0.25, -0.2) is 0 Å². The monoisotopic (exact) mass is 404 g/mol. The lowest BCUT2D eigenvalue weighted by Crippen LogP contribution is -2.25. The predicted octanol–water partition coefficient (Wildman–Crippen LogP) is 4.23. The van der Waals surface area contributed by atoms with Crippen LogP contribution in [0.5, 0.6) is 0 Å². The van der Waals surface area contributed by atoms with Gasteiger partial charge in [-0.15, -0.1) is 0 Å². The van der Waals surface area contributed by atoms with Crippen molar-refractivity contribution in [2.75, 3.05) is 11.9 Å². The molecule has 1 saturated heterocycles. The maximum Gasteiger partial charge on any atom is 0.258 e. The first-order valence-corrected chi connectivity index (χ1v) is 10.1. The normalized spacial score (nSPS) is 13.8. The van der Waals surface area contributed by atoms with Gasteiger partial charge in [0.25, 0.3) is 11.8 Å². The molecule has 0 spiro atoms. The van der Waals surface area contributed by atoms with Gasteiger partial charge in [0, 0.05) is 31.1 Å². The molecular weight excluding hydrogens is 380 g/mol. The summed E-state index contributed by atoms with van der Waals surface area (Å²) < 4.78 is 5.39. The van der Waals surface area contributed by atoms with Crippen LogP contribution >= 0.6 is 0 Å². The smallest absolute Gasteiger partial charge is 0.258 e. The molecule has 2 heterocycles. The Morgan fingerprint density at radius 2 is 1.93 bits per heavy atom. The fourth-order valence-corrected chi connectivity index (χ4v) is 3.49. The zero-order valence-corrected chi connectivity index (χ0v) is 17.1. The lowest BCUT2D eigenvalue weighted by Gasteiger charge is -2.18. The molecule has 154 valence electrons. The molecule has 1 aliphatic rings. The maximum absolute atomic E-state index is 13.1. The van der Waals surface area contributed by atoms with E-state index in [9.17, 15) is 9.59 Å². The fraction of sp³-hybridized carbons (Fsp3) is 0.304. The summed E-state index contributed by atoms with van der Waals surface area (Å²) in [6.45, 7) is 5.20. The number of benzene rings is 2. The van der Waals surface area contributed by atoms with E-state index in [0.717, 1.165) is 18.5 Å². The van der Waals surface area contributed by atoms with Crippen molar-refractivity contribution in [1.29, 1.82) is 0 Å². The molecule has 0 saturated carbocycles. The van der Waals surface area contributed by atoms with E-state index in [1.807, 2.05) is 49.1 Å². The Bertz CT molecular complexity index is 1070. The zero-order valence-electron chi connectivity index (χ0n) is 17.1. The third kappa shape index (κ3) is 4.10. The van der Waals surface area contributed by atoms with Gasteiger partial charge in [-0.2, -0.15) is 4.98 Å². The average Bonchev–Trinajstić information content (AvgIpc) is 3.39. The third-order valence-corrected chi connectivity index (χ3v) is 5.16. The van der Waals surface area contributed by atoms with Crippen LogP contribution < -0.4 is 5.32 Å². The first-order chi connectivity index (χ1) is 14.5. The molecule has 2 aromatic carbocycles. The second-order valence-corrected chi connectivity index (χ2v) is 7.69. The molecule has 1 fully saturated rings. The van der Waals surface area contributed by atoms with Crippen molar-refractivity contribution in [3.05, 3.63) is 65.5 Å². The molecule has 30 heavy (non-hydrogen) atoms. The van der Waals surface area contributed by atoms with Crippen LogP contribution in [-0.4, -0.2) is 33.4 Å². The van der Waals surface area contributed by atoms with E-state index in [1.54, 1.807) is 18.2 Å². The van der Waals surface area contributed by atoms with Gasteiger partial charge < -0.3 is 14.7 Å². The molecule has 1 aromatic heterocycles. The van der Waals surface area contributed by atoms with Crippen molar-refractivity contribution in [3.8, 4) is 11.5 Å². The average molecular weight is 404 g/mol. The van der Waals surface area contributed by atoms with Crippen molar-refractivity contribution in [3.63, 3.8) is 0 Å². The predicted molar refractivity (Wildman–Crippen MR) is 113 cm³/mol. The Kier molecular flexibility index (Phi) is 5.61. The van der Waals surface area contributed by atoms with Gasteiger partial charge in [0.05, 0.1) is 11.1 Å². The summed E-state index contributed by atoms with van der Waals surface area (Å²) in [4.78, 5) is 31.4. The summed E-state index contributed by atoms with van der Waals surface area (Å²) in [5.74, 6) is 0.929. The summed E-state index contributed by atoms with van der Waals surface area (Å²) in [7, 11) is 0. The highest BCUT2D eigenvalue weighted by atomic mass is 16.5. The first-order valence-electron chi connectivity index (χ1n) is 10.1. The van der Waals surface area contributed by atoms with E-state index < -0.39 is 0 Å². The molecule has 2 amide bonds. The maximum atomic E-state index is 13.1. The molecule has 0 bridgehead atoms. The number of hydrogen-bond acceptors (Lipinski definition) is 5. The number of carbonyl (C=O) groups is 2. The van der Waals surface area contributed by atoms with Gasteiger partial charge in [-0.1, -0.05) is 49.3 Å². The molecule has 0 atom stereocenters. The van der Waals surface area contributed by atoms with E-state index in [2.05, 4.69) is 15.5 Å². The van der Waals surface area contributed by atoms with Crippen LogP contribution in [0.2, 0.25) is 0 Å². The molecule has 7 heteroatoms. The van der Waals surface area contributed by atoms with Crippen LogP contribution in [0, 0.1) is 0 Å². The number of amides is 2. The lowest BCUT2D eigenvalue weighted by atomic mass is 10.1. The highest BCUT2D eigenvalue weighted by Gasteiger charge is 2.22. The van der Waals surface area contributed by atoms with E-state index >= 15 is 0 Å². The minimum absolute atomic E-state index is 0.128. The quantitative estimate of drug-likeness (QED) is 0.664. The van der Waals surface area contributed by atoms with E-state index in [0.29, 0.717) is 41.5 Å². The molecule has 1 aliphatic heterocycles. The van der Waals surface area contributed by atoms with E-state index in [1.165, 1.54) is 0 Å². The van der Waals surface area contributed by atoms with Crippen LogP contribution in [0.1, 0.15) is 54.4 Å². The number of nitrogens with one attached hydrogen (secondary N) is 1. The summed E-state index contributed by atoms with van der Waals surface area (Å²) in [6, 6.07) is 14.7. The standard InChI is InChI=1S/C23H24N4O3/c1-15(2)21-25-23(30-26-21)18-10-5-4-9-17(18)22(29)24-19-11-6-3-8-16(19)14-27-13-7-12-20(27)28/h3-6,8-11,15H,7,12-14H2,1-2H3,(H,24,29). The second kappa shape index (κ2) is 8.49. The van der Waals surface area contributed by atoms with Crippen molar-refractivity contribution in [2.45, 2.75) is 39.2 Å². The van der Waals surface area contributed by atoms with Crippen LogP contribution in [0.25, 0.3) is 11.5 Å². The first kappa shape index (κ1) is 19.8. The Labute approximate surface area is 175 Å². The Balaban J connectivity index is 1.59. The highest BCUT2D eigenvalue weighted by molar-refractivity contribution is 6.08. The molecular formula is C23H24N4O3. The van der Waals surface area contributed by atoms with Gasteiger partial charge in [0.2, 0.25) is 5.91 Å². The van der Waals surface area contributed by atoms with E-state index in [-0.39, 0.29) is 17.7 Å². The van der Waals surface area contributed by atoms with Crippen molar-refractivity contribution in [2.24, 2.45) is 0 Å². The number of nitrogens with zero attached hydrogens (tertiary/aromatic N) is 3. The Hall–Kier alpha value is -3.48. The van der Waals surface area contributed by atoms with Crippen LogP contribution in [0.15, 0.2) is 53.1 Å². The Morgan fingerprint density at radius 1 is 1.17 bits per heavy atom. The zero-order chi connectivity index (χ0) is 21.1. The fourth-order valence-electron chi connectivity index (χ4n) is 3.49. The molecule has 4 rings (SSSR count). The van der Waals surface area contributed by atoms with Gasteiger partial charge in [0.1, 0.15) is 0 Å². The third-order valence-electron chi connectivity index (χ3n) is 5.16. The number of anilines is 1. The molecule has 3 aromatic rings. The van der Waals surface area contributed by atoms with Crippen molar-refractivity contribution >= 4 is 17.5 Å². The molecule has 0 unspecified atom stereocenters. The highest BCUT2D eigenvalue weighted by Crippen LogP contribution is 2.26. The van der Waals surface area contributed by atoms with Crippen LogP contribution in [-0.2, 0) is 11.3 Å². The van der Waals surface area contributed by atoms with Gasteiger partial charge in [0.15, 0.2) is 5.82 Å². The lowest BCUT2D eigenvalue weighted by molar-refractivity contribution is -0.128. The van der Waals surface area contributed by atoms with Gasteiger partial charge >= 0.3 is 0 Å². The second-order valence-electron chi connectivity index (χ2n) is 7.69. The summed E-state index contributed by atoms with van der Waals surface area (Å²) in [6.07, 6.45) is 1.47. The minimum atomic E-state index is -0.268. The van der Waals surface area contributed by atoms with Gasteiger partial charge in [-0.3, -0.25) is 9.59 Å². The molecule has 7 nitrogen and oxygen atoms in total. The topological polar surface area (TPSA) is 88.3 Å². The Morgan fingerprint density at radius 3 is 2.67 bits per heavy atom. The number of likely N-dealkylation sites (tertiary alicyclic amines) is 1. The van der Waals surface area contributed by atoms with Crippen molar-refractivity contribution < 1.29 is 14.1 Å². The van der Waals surface area contributed by atoms with E-state index in [4.69, 9.17) is 4.52 Å². The number of aromatic nitrogens is 2. The largest absolute Gasteiger partial charge is 0.338 e. The number of rotatable bonds is 6. The molecule has 0 aliphatic carbocycles. The molecule has 1 N–H and O–H groups in total. The van der Waals surface area contributed by atoms with Crippen molar-refractivity contribution in [1.82, 2.24) is 15.0 Å². The number of carbonyl (C=O) groups excluding carboxylic acids is 2. The number of hydrogen-bond donors (Lipinski definition) is 1.